The minimum atomic E-state index is -0.596. The average molecular weight is 476 g/mol. The summed E-state index contributed by atoms with van der Waals surface area (Å²) in [6.45, 7) is 9.47. The van der Waals surface area contributed by atoms with Crippen molar-refractivity contribution in [3.8, 4) is 0 Å². The molecule has 9 heteroatoms. The molecular weight excluding hydrogens is 442 g/mol. The Labute approximate surface area is 206 Å². The molecule has 0 aromatic carbocycles. The predicted molar refractivity (Wildman–Crippen MR) is 141 cm³/mol. The summed E-state index contributed by atoms with van der Waals surface area (Å²) in [5.74, 6) is 1.56. The number of anilines is 1. The second-order valence-corrected chi connectivity index (χ2v) is 9.48. The Kier molecular flexibility index (Phi) is 7.58. The van der Waals surface area contributed by atoms with E-state index < -0.39 is 11.7 Å². The molecule has 2 aliphatic heterocycles. The maximum atomic E-state index is 12.4. The van der Waals surface area contributed by atoms with Gasteiger partial charge < -0.3 is 26.5 Å². The van der Waals surface area contributed by atoms with Crippen molar-refractivity contribution >= 4 is 29.5 Å². The zero-order valence-electron chi connectivity index (χ0n) is 21.0. The molecule has 0 spiro atoms. The largest absolute Gasteiger partial charge is 0.443 e. The number of rotatable bonds is 6. The van der Waals surface area contributed by atoms with Crippen LogP contribution in [0.1, 0.15) is 40.2 Å². The van der Waals surface area contributed by atoms with Crippen LogP contribution in [-0.2, 0) is 4.74 Å². The fourth-order valence-electron chi connectivity index (χ4n) is 3.25. The highest BCUT2D eigenvalue weighted by Gasteiger charge is 2.22. The van der Waals surface area contributed by atoms with Crippen LogP contribution in [0.5, 0.6) is 0 Å². The number of carbonyl (C=O) groups is 1. The van der Waals surface area contributed by atoms with Gasteiger partial charge in [0, 0.05) is 25.7 Å². The zero-order valence-corrected chi connectivity index (χ0v) is 21.0. The number of aliphatic imine (C=N–C) groups is 1. The fraction of sp³-hybridized carbons (Fsp3) is 0.308. The normalized spacial score (nSPS) is 16.1. The molecule has 2 aliphatic rings. The van der Waals surface area contributed by atoms with Gasteiger partial charge >= 0.3 is 6.09 Å². The third-order valence-electron chi connectivity index (χ3n) is 5.13. The van der Waals surface area contributed by atoms with Gasteiger partial charge in [0.15, 0.2) is 0 Å². The van der Waals surface area contributed by atoms with Crippen molar-refractivity contribution in [2.75, 3.05) is 11.9 Å². The second-order valence-electron chi connectivity index (χ2n) is 9.48. The third-order valence-corrected chi connectivity index (χ3v) is 5.13. The molecule has 0 saturated heterocycles. The number of ether oxygens (including phenoxy) is 1. The van der Waals surface area contributed by atoms with Crippen LogP contribution in [0.4, 0.5) is 10.6 Å². The summed E-state index contributed by atoms with van der Waals surface area (Å²) < 4.78 is 5.44. The highest BCUT2D eigenvalue weighted by molar-refractivity contribution is 5.97. The molecule has 0 unspecified atom stereocenters. The van der Waals surface area contributed by atoms with Crippen LogP contribution in [0.15, 0.2) is 76.6 Å². The van der Waals surface area contributed by atoms with E-state index in [9.17, 15) is 4.79 Å². The summed E-state index contributed by atoms with van der Waals surface area (Å²) in [5.41, 5.74) is 9.78. The van der Waals surface area contributed by atoms with E-state index in [0.29, 0.717) is 17.5 Å². The summed E-state index contributed by atoms with van der Waals surface area (Å²) in [6.07, 6.45) is 11.8. The molecule has 0 atom stereocenters. The van der Waals surface area contributed by atoms with Gasteiger partial charge in [-0.3, -0.25) is 4.90 Å². The molecule has 0 saturated carbocycles. The van der Waals surface area contributed by atoms with Gasteiger partial charge in [0.05, 0.1) is 11.4 Å². The molecule has 184 valence electrons. The minimum absolute atomic E-state index is 0.179. The number of nitrogens with zero attached hydrogens (tertiary/aromatic N) is 3. The summed E-state index contributed by atoms with van der Waals surface area (Å²) in [5, 5.41) is 14.1. The minimum Gasteiger partial charge on any atom is -0.443 e. The molecule has 0 aliphatic carbocycles. The van der Waals surface area contributed by atoms with Crippen molar-refractivity contribution in [2.24, 2.45) is 16.6 Å². The van der Waals surface area contributed by atoms with E-state index in [1.54, 1.807) is 19.3 Å². The van der Waals surface area contributed by atoms with Gasteiger partial charge in [-0.1, -0.05) is 13.8 Å². The number of fused-ring (bicyclic) bond motifs is 1. The second kappa shape index (κ2) is 10.4. The van der Waals surface area contributed by atoms with E-state index in [1.165, 1.54) is 11.1 Å². The Bertz CT molecular complexity index is 1190. The first-order valence-electron chi connectivity index (χ1n) is 11.3. The molecular formula is C26H33N7O2. The molecule has 3 heterocycles. The summed E-state index contributed by atoms with van der Waals surface area (Å²) >= 11 is 0. The average Bonchev–Trinajstić information content (AvgIpc) is 2.80. The first kappa shape index (κ1) is 25.5. The lowest BCUT2D eigenvalue weighted by Gasteiger charge is -2.25. The van der Waals surface area contributed by atoms with Gasteiger partial charge in [-0.15, -0.1) is 0 Å². The van der Waals surface area contributed by atoms with Crippen LogP contribution in [0, 0.1) is 11.3 Å². The number of allylic oxidation sites excluding steroid dienone is 5. The first-order valence-corrected chi connectivity index (χ1v) is 11.3. The number of amides is 1. The van der Waals surface area contributed by atoms with E-state index in [2.05, 4.69) is 20.6 Å². The van der Waals surface area contributed by atoms with Crippen LogP contribution >= 0.6 is 0 Å². The standard InChI is InChI=1S/C26H33N7O2/c1-16(2)18(14-27)12-22(28)32-23-8-7-20-21(31-23)11-19(15-30-20)17-9-10-29-24(13-17)33(6)25(34)35-26(3,4)5/h7-16,27,30-31H,1-6H3,(H2,28,32). The first-order chi connectivity index (χ1) is 16.5. The summed E-state index contributed by atoms with van der Waals surface area (Å²) in [6, 6.07) is 3.70. The van der Waals surface area contributed by atoms with Crippen LogP contribution < -0.4 is 21.3 Å². The van der Waals surface area contributed by atoms with Gasteiger partial charge in [0.1, 0.15) is 23.1 Å². The van der Waals surface area contributed by atoms with E-state index in [0.717, 1.165) is 28.1 Å². The lowest BCUT2D eigenvalue weighted by Crippen LogP contribution is -2.34. The molecule has 5 N–H and O–H groups in total. The smallest absolute Gasteiger partial charge is 0.415 e. The monoisotopic (exact) mass is 475 g/mol. The lowest BCUT2D eigenvalue weighted by molar-refractivity contribution is 0.0588. The van der Waals surface area contributed by atoms with Gasteiger partial charge in [-0.05, 0) is 79.8 Å². The van der Waals surface area contributed by atoms with Crippen LogP contribution in [-0.4, -0.2) is 35.8 Å². The number of carbonyl (C=O) groups excluding carboxylic acids is 1. The molecule has 1 amide bonds. The van der Waals surface area contributed by atoms with Crippen molar-refractivity contribution in [2.45, 2.75) is 40.2 Å². The molecule has 0 bridgehead atoms. The number of hydrogen-bond donors (Lipinski definition) is 4. The topological polar surface area (TPSA) is 129 Å². The van der Waals surface area contributed by atoms with Crippen molar-refractivity contribution in [3.05, 3.63) is 77.2 Å². The SMILES string of the molecule is CC(C)C(C=N)=CC(N)=NC1=CC=C2NC=C(c3ccnc(N(C)C(=O)OC(C)(C)C)c3)C=C2N1. The van der Waals surface area contributed by atoms with E-state index in [1.807, 2.05) is 71.2 Å². The van der Waals surface area contributed by atoms with E-state index in [-0.39, 0.29) is 5.92 Å². The van der Waals surface area contributed by atoms with Crippen LogP contribution in [0.3, 0.4) is 0 Å². The Morgan fingerprint density at radius 2 is 2.03 bits per heavy atom. The number of aromatic nitrogens is 1. The number of nitrogens with one attached hydrogen (secondary N) is 3. The fourth-order valence-corrected chi connectivity index (χ4v) is 3.25. The van der Waals surface area contributed by atoms with Gasteiger partial charge in [0.25, 0.3) is 0 Å². The van der Waals surface area contributed by atoms with Gasteiger partial charge in [-0.2, -0.15) is 0 Å². The third kappa shape index (κ3) is 6.69. The number of amidine groups is 1. The maximum absolute atomic E-state index is 12.4. The van der Waals surface area contributed by atoms with Crippen molar-refractivity contribution < 1.29 is 9.53 Å². The van der Waals surface area contributed by atoms with E-state index in [4.69, 9.17) is 15.9 Å². The highest BCUT2D eigenvalue weighted by atomic mass is 16.6. The zero-order chi connectivity index (χ0) is 25.8. The van der Waals surface area contributed by atoms with Gasteiger partial charge in [0.2, 0.25) is 0 Å². The van der Waals surface area contributed by atoms with Crippen LogP contribution in [0.2, 0.25) is 0 Å². The number of pyridine rings is 1. The number of hydrogen-bond acceptors (Lipinski definition) is 7. The molecule has 0 fully saturated rings. The maximum Gasteiger partial charge on any atom is 0.415 e. The Balaban J connectivity index is 1.79. The number of nitrogens with two attached hydrogens (primary N) is 1. The molecule has 1 aromatic rings. The lowest BCUT2D eigenvalue weighted by atomic mass is 10.0. The highest BCUT2D eigenvalue weighted by Crippen LogP contribution is 2.27. The molecule has 3 rings (SSSR count). The number of dihydropyridines is 2. The molecule has 0 radical (unpaired) electrons. The van der Waals surface area contributed by atoms with Crippen molar-refractivity contribution in [3.63, 3.8) is 0 Å². The summed E-state index contributed by atoms with van der Waals surface area (Å²) in [7, 11) is 1.63. The van der Waals surface area contributed by atoms with Crippen molar-refractivity contribution in [1.29, 1.82) is 5.41 Å². The van der Waals surface area contributed by atoms with E-state index >= 15 is 0 Å². The Morgan fingerprint density at radius 3 is 2.69 bits per heavy atom. The quantitative estimate of drug-likeness (QED) is 0.361. The van der Waals surface area contributed by atoms with Crippen LogP contribution in [0.25, 0.3) is 5.57 Å². The predicted octanol–water partition coefficient (Wildman–Crippen LogP) is 4.20. The molecule has 9 nitrogen and oxygen atoms in total. The van der Waals surface area contributed by atoms with Crippen molar-refractivity contribution in [1.82, 2.24) is 15.6 Å². The van der Waals surface area contributed by atoms with Gasteiger partial charge in [-0.25, -0.2) is 14.8 Å². The Hall–Kier alpha value is -4.14. The Morgan fingerprint density at radius 1 is 1.29 bits per heavy atom. The molecule has 35 heavy (non-hydrogen) atoms. The summed E-state index contributed by atoms with van der Waals surface area (Å²) in [4.78, 5) is 22.6. The molecule has 1 aromatic heterocycles.